The predicted molar refractivity (Wildman–Crippen MR) is 77.2 cm³/mol. The molecule has 5 N–H and O–H groups in total. The lowest BCUT2D eigenvalue weighted by Gasteiger charge is -2.07. The van der Waals surface area contributed by atoms with E-state index in [4.69, 9.17) is 16.6 Å². The molecule has 4 nitrogen and oxygen atoms in total. The molecule has 0 atom stereocenters. The summed E-state index contributed by atoms with van der Waals surface area (Å²) in [5, 5.41) is 8.73. The lowest BCUT2D eigenvalue weighted by Crippen LogP contribution is -2.01. The van der Waals surface area contributed by atoms with Gasteiger partial charge in [-0.25, -0.2) is 0 Å². The number of aliphatic carboxylic acids is 1. The van der Waals surface area contributed by atoms with E-state index in [0.29, 0.717) is 16.9 Å². The third-order valence-corrected chi connectivity index (χ3v) is 3.64. The van der Waals surface area contributed by atoms with Gasteiger partial charge < -0.3 is 16.6 Å². The highest BCUT2D eigenvalue weighted by molar-refractivity contribution is 7.99. The Morgan fingerprint density at radius 3 is 2.37 bits per heavy atom. The first-order valence-corrected chi connectivity index (χ1v) is 6.50. The Morgan fingerprint density at radius 1 is 1.11 bits per heavy atom. The molecule has 0 spiro atoms. The van der Waals surface area contributed by atoms with Crippen LogP contribution in [0.25, 0.3) is 0 Å². The molecule has 0 fully saturated rings. The first-order chi connectivity index (χ1) is 9.04. The molecule has 0 saturated carbocycles. The van der Waals surface area contributed by atoms with Gasteiger partial charge in [0.2, 0.25) is 0 Å². The normalized spacial score (nSPS) is 10.3. The Balaban J connectivity index is 2.17. The molecule has 19 heavy (non-hydrogen) atoms. The maximum absolute atomic E-state index is 10.6. The van der Waals surface area contributed by atoms with Crippen LogP contribution in [0.1, 0.15) is 5.56 Å². The first kappa shape index (κ1) is 13.3. The van der Waals surface area contributed by atoms with Crippen molar-refractivity contribution in [2.24, 2.45) is 0 Å². The van der Waals surface area contributed by atoms with Crippen LogP contribution in [0, 0.1) is 0 Å². The van der Waals surface area contributed by atoms with E-state index >= 15 is 0 Å². The molecule has 0 aliphatic heterocycles. The molecule has 0 unspecified atom stereocenters. The maximum atomic E-state index is 10.6. The van der Waals surface area contributed by atoms with Crippen LogP contribution in [0.15, 0.2) is 52.3 Å². The molecule has 2 aromatic carbocycles. The predicted octanol–water partition coefficient (Wildman–Crippen LogP) is 2.63. The molecule has 2 rings (SSSR count). The minimum atomic E-state index is -0.863. The summed E-state index contributed by atoms with van der Waals surface area (Å²) in [6.45, 7) is 0. The molecule has 0 aromatic heterocycles. The average Bonchev–Trinajstić information content (AvgIpc) is 2.34. The third kappa shape index (κ3) is 3.66. The smallest absolute Gasteiger partial charge is 0.307 e. The van der Waals surface area contributed by atoms with Crippen molar-refractivity contribution < 1.29 is 9.90 Å². The van der Waals surface area contributed by atoms with Gasteiger partial charge in [0.25, 0.3) is 0 Å². The molecule has 98 valence electrons. The highest BCUT2D eigenvalue weighted by atomic mass is 32.2. The molecule has 2 aromatic rings. The number of nitrogen functional groups attached to an aromatic ring is 2. The molecular weight excluding hydrogens is 260 g/mol. The molecule has 0 radical (unpaired) electrons. The quantitative estimate of drug-likeness (QED) is 0.746. The SMILES string of the molecule is Nc1ccc(Sc2ccc(CC(=O)O)cc2N)cc1. The fourth-order valence-electron chi connectivity index (χ4n) is 1.64. The van der Waals surface area contributed by atoms with Crippen LogP contribution in [-0.4, -0.2) is 11.1 Å². The number of benzene rings is 2. The summed E-state index contributed by atoms with van der Waals surface area (Å²) >= 11 is 1.52. The number of hydrogen-bond donors (Lipinski definition) is 3. The van der Waals surface area contributed by atoms with Crippen LogP contribution >= 0.6 is 11.8 Å². The Hall–Kier alpha value is -2.14. The number of anilines is 2. The molecular formula is C14H14N2O2S. The summed E-state index contributed by atoms with van der Waals surface area (Å²) in [5.74, 6) is -0.863. The van der Waals surface area contributed by atoms with Crippen LogP contribution in [0.2, 0.25) is 0 Å². The lowest BCUT2D eigenvalue weighted by atomic mass is 10.1. The Morgan fingerprint density at radius 2 is 1.79 bits per heavy atom. The molecule has 0 amide bonds. The van der Waals surface area contributed by atoms with Crippen molar-refractivity contribution in [3.8, 4) is 0 Å². The van der Waals surface area contributed by atoms with Crippen molar-refractivity contribution in [2.75, 3.05) is 11.5 Å². The fourth-order valence-corrected chi connectivity index (χ4v) is 2.48. The Labute approximate surface area is 115 Å². The third-order valence-electron chi connectivity index (χ3n) is 2.54. The Bertz CT molecular complexity index is 597. The largest absolute Gasteiger partial charge is 0.481 e. The highest BCUT2D eigenvalue weighted by Crippen LogP contribution is 2.32. The molecule has 0 bridgehead atoms. The zero-order chi connectivity index (χ0) is 13.8. The standard InChI is InChI=1S/C14H14N2O2S/c15-10-2-4-11(5-3-10)19-13-6-1-9(7-12(13)16)8-14(17)18/h1-7H,8,15-16H2,(H,17,18). The van der Waals surface area contributed by atoms with Crippen LogP contribution in [0.5, 0.6) is 0 Å². The van der Waals surface area contributed by atoms with Gasteiger partial charge in [-0.3, -0.25) is 4.79 Å². The van der Waals surface area contributed by atoms with Gasteiger partial charge in [-0.15, -0.1) is 0 Å². The van der Waals surface area contributed by atoms with E-state index in [0.717, 1.165) is 9.79 Å². The number of nitrogens with two attached hydrogens (primary N) is 2. The van der Waals surface area contributed by atoms with Gasteiger partial charge in [0.05, 0.1) is 6.42 Å². The van der Waals surface area contributed by atoms with E-state index in [9.17, 15) is 4.79 Å². The molecule has 0 heterocycles. The minimum Gasteiger partial charge on any atom is -0.481 e. The van der Waals surface area contributed by atoms with E-state index in [2.05, 4.69) is 0 Å². The summed E-state index contributed by atoms with van der Waals surface area (Å²) < 4.78 is 0. The van der Waals surface area contributed by atoms with Crippen molar-refractivity contribution in [1.29, 1.82) is 0 Å². The van der Waals surface area contributed by atoms with Crippen molar-refractivity contribution >= 4 is 29.1 Å². The van der Waals surface area contributed by atoms with Crippen LogP contribution in [-0.2, 0) is 11.2 Å². The first-order valence-electron chi connectivity index (χ1n) is 5.68. The van der Waals surface area contributed by atoms with Gasteiger partial charge >= 0.3 is 5.97 Å². The van der Waals surface area contributed by atoms with Gasteiger partial charge in [0.1, 0.15) is 0 Å². The molecule has 0 saturated heterocycles. The van der Waals surface area contributed by atoms with Gasteiger partial charge in [-0.05, 0) is 42.0 Å². The van der Waals surface area contributed by atoms with Crippen LogP contribution in [0.4, 0.5) is 11.4 Å². The van der Waals surface area contributed by atoms with Gasteiger partial charge in [-0.2, -0.15) is 0 Å². The summed E-state index contributed by atoms with van der Waals surface area (Å²) in [6, 6.07) is 12.8. The summed E-state index contributed by atoms with van der Waals surface area (Å²) in [4.78, 5) is 12.6. The van der Waals surface area contributed by atoms with Crippen LogP contribution in [0.3, 0.4) is 0 Å². The topological polar surface area (TPSA) is 89.3 Å². The number of carboxylic acid groups (broad SMARTS) is 1. The zero-order valence-electron chi connectivity index (χ0n) is 10.2. The summed E-state index contributed by atoms with van der Waals surface area (Å²) in [6.07, 6.45) is -0.0168. The number of carbonyl (C=O) groups is 1. The fraction of sp³-hybridized carbons (Fsp3) is 0.0714. The van der Waals surface area contributed by atoms with E-state index in [1.54, 1.807) is 12.1 Å². The van der Waals surface area contributed by atoms with Crippen molar-refractivity contribution in [2.45, 2.75) is 16.2 Å². The second-order valence-electron chi connectivity index (χ2n) is 4.11. The Kier molecular flexibility index (Phi) is 3.97. The monoisotopic (exact) mass is 274 g/mol. The maximum Gasteiger partial charge on any atom is 0.307 e. The van der Waals surface area contributed by atoms with Crippen LogP contribution < -0.4 is 11.5 Å². The van der Waals surface area contributed by atoms with E-state index < -0.39 is 5.97 Å². The van der Waals surface area contributed by atoms with E-state index in [1.807, 2.05) is 30.3 Å². The molecule has 0 aliphatic rings. The summed E-state index contributed by atoms with van der Waals surface area (Å²) in [5.41, 5.74) is 13.6. The molecule has 5 heteroatoms. The number of carboxylic acids is 1. The van der Waals surface area contributed by atoms with E-state index in [-0.39, 0.29) is 6.42 Å². The second kappa shape index (κ2) is 5.67. The van der Waals surface area contributed by atoms with Gasteiger partial charge in [0.15, 0.2) is 0 Å². The van der Waals surface area contributed by atoms with E-state index in [1.165, 1.54) is 11.8 Å². The highest BCUT2D eigenvalue weighted by Gasteiger charge is 2.06. The lowest BCUT2D eigenvalue weighted by molar-refractivity contribution is -0.136. The molecule has 0 aliphatic carbocycles. The van der Waals surface area contributed by atoms with Crippen molar-refractivity contribution in [3.63, 3.8) is 0 Å². The average molecular weight is 274 g/mol. The number of rotatable bonds is 4. The number of hydrogen-bond acceptors (Lipinski definition) is 4. The van der Waals surface area contributed by atoms with Crippen molar-refractivity contribution in [1.82, 2.24) is 0 Å². The van der Waals surface area contributed by atoms with Crippen molar-refractivity contribution in [3.05, 3.63) is 48.0 Å². The minimum absolute atomic E-state index is 0.0168. The van der Waals surface area contributed by atoms with Gasteiger partial charge in [0, 0.05) is 21.2 Å². The zero-order valence-corrected chi connectivity index (χ0v) is 11.0. The second-order valence-corrected chi connectivity index (χ2v) is 5.23. The summed E-state index contributed by atoms with van der Waals surface area (Å²) in [7, 11) is 0. The van der Waals surface area contributed by atoms with Gasteiger partial charge in [-0.1, -0.05) is 17.8 Å².